The number of primary amides is 1. The lowest BCUT2D eigenvalue weighted by molar-refractivity contribution is -0.141. The van der Waals surface area contributed by atoms with Crippen molar-refractivity contribution in [1.82, 2.24) is 19.7 Å². The van der Waals surface area contributed by atoms with E-state index in [9.17, 15) is 18.0 Å². The highest BCUT2D eigenvalue weighted by molar-refractivity contribution is 5.76. The number of alkyl halides is 3. The zero-order valence-corrected chi connectivity index (χ0v) is 17.4. The van der Waals surface area contributed by atoms with Gasteiger partial charge in [0.1, 0.15) is 5.69 Å². The molecule has 3 N–H and O–H groups in total. The average Bonchev–Trinajstić information content (AvgIpc) is 3.23. The Morgan fingerprint density at radius 3 is 2.59 bits per heavy atom. The summed E-state index contributed by atoms with van der Waals surface area (Å²) in [5, 5.41) is 7.36. The van der Waals surface area contributed by atoms with Crippen LogP contribution < -0.4 is 11.1 Å². The highest BCUT2D eigenvalue weighted by atomic mass is 19.4. The Hall–Kier alpha value is -3.43. The second-order valence-electron chi connectivity index (χ2n) is 8.09. The van der Waals surface area contributed by atoms with Crippen LogP contribution in [0.3, 0.4) is 0 Å². The Balaban J connectivity index is 1.52. The summed E-state index contributed by atoms with van der Waals surface area (Å²) in [7, 11) is 0. The molecule has 4 rings (SSSR count). The van der Waals surface area contributed by atoms with E-state index in [0.717, 1.165) is 54.6 Å². The van der Waals surface area contributed by atoms with Gasteiger partial charge in [0, 0.05) is 29.6 Å². The molecule has 1 aliphatic carbocycles. The van der Waals surface area contributed by atoms with Crippen molar-refractivity contribution in [3.63, 3.8) is 0 Å². The van der Waals surface area contributed by atoms with Gasteiger partial charge in [-0.3, -0.25) is 9.48 Å². The minimum Gasteiger partial charge on any atom is -0.369 e. The molecule has 10 heteroatoms. The number of halogens is 3. The zero-order valence-electron chi connectivity index (χ0n) is 17.4. The van der Waals surface area contributed by atoms with E-state index in [0.29, 0.717) is 5.69 Å². The van der Waals surface area contributed by atoms with Gasteiger partial charge in [-0.05, 0) is 61.9 Å². The molecule has 0 radical (unpaired) electrons. The maximum Gasteiger partial charge on any atom is 0.433 e. The van der Waals surface area contributed by atoms with Gasteiger partial charge in [-0.1, -0.05) is 6.07 Å². The predicted molar refractivity (Wildman–Crippen MR) is 113 cm³/mol. The van der Waals surface area contributed by atoms with Crippen molar-refractivity contribution >= 4 is 17.5 Å². The van der Waals surface area contributed by atoms with Gasteiger partial charge in [0.05, 0.1) is 12.2 Å². The number of rotatable bonds is 5. The van der Waals surface area contributed by atoms with Crippen LogP contribution in [0.2, 0.25) is 0 Å². The van der Waals surface area contributed by atoms with Crippen LogP contribution in [-0.4, -0.2) is 25.7 Å². The third-order valence-corrected chi connectivity index (χ3v) is 5.69. The molecule has 32 heavy (non-hydrogen) atoms. The van der Waals surface area contributed by atoms with Crippen LogP contribution >= 0.6 is 0 Å². The maximum absolute atomic E-state index is 12.9. The Morgan fingerprint density at radius 1 is 1.16 bits per heavy atom. The summed E-state index contributed by atoms with van der Waals surface area (Å²) in [6.45, 7) is 1.90. The van der Waals surface area contributed by atoms with Crippen LogP contribution in [0.5, 0.6) is 0 Å². The van der Waals surface area contributed by atoms with E-state index in [-0.39, 0.29) is 23.8 Å². The van der Waals surface area contributed by atoms with E-state index in [4.69, 9.17) is 5.73 Å². The van der Waals surface area contributed by atoms with E-state index < -0.39 is 11.9 Å². The van der Waals surface area contributed by atoms with Crippen molar-refractivity contribution in [2.24, 2.45) is 11.7 Å². The minimum absolute atomic E-state index is 0.0650. The topological polar surface area (TPSA) is 98.7 Å². The van der Waals surface area contributed by atoms with Crippen LogP contribution in [0, 0.1) is 12.8 Å². The molecule has 3 aromatic rings. The molecule has 0 saturated heterocycles. The van der Waals surface area contributed by atoms with Crippen molar-refractivity contribution in [2.45, 2.75) is 44.8 Å². The summed E-state index contributed by atoms with van der Waals surface area (Å²) < 4.78 is 40.7. The van der Waals surface area contributed by atoms with Crippen molar-refractivity contribution < 1.29 is 18.0 Å². The fourth-order valence-electron chi connectivity index (χ4n) is 4.04. The van der Waals surface area contributed by atoms with Gasteiger partial charge in [-0.25, -0.2) is 9.97 Å². The molecule has 0 atom stereocenters. The number of carbonyl (C=O) groups is 1. The molecule has 1 fully saturated rings. The van der Waals surface area contributed by atoms with Crippen molar-refractivity contribution in [3.05, 3.63) is 54.1 Å². The summed E-state index contributed by atoms with van der Waals surface area (Å²) in [4.78, 5) is 18.8. The maximum atomic E-state index is 12.9. The van der Waals surface area contributed by atoms with Crippen molar-refractivity contribution in [3.8, 4) is 11.1 Å². The Kier molecular flexibility index (Phi) is 5.86. The number of anilines is 2. The standard InChI is InChI=1S/C22H23F3N6O/c1-13-8-15(10-17(9-13)29-21-27-7-6-19(30-21)22(23,24)25)16-11-28-31(12-16)18-4-2-14(3-5-18)20(26)32/h6-12,14,18H,2-5H2,1H3,(H2,26,32)(H,27,29,30). The fraction of sp³-hybridized carbons (Fsp3) is 0.364. The molecule has 0 aliphatic heterocycles. The largest absolute Gasteiger partial charge is 0.433 e. The smallest absolute Gasteiger partial charge is 0.369 e. The molecule has 2 aromatic heterocycles. The van der Waals surface area contributed by atoms with Crippen LogP contribution in [0.4, 0.5) is 24.8 Å². The fourth-order valence-corrected chi connectivity index (χ4v) is 4.04. The van der Waals surface area contributed by atoms with E-state index in [1.54, 1.807) is 6.20 Å². The SMILES string of the molecule is Cc1cc(Nc2nccc(C(F)(F)F)n2)cc(-c2cnn(C3CCC(C(N)=O)CC3)c2)c1. The van der Waals surface area contributed by atoms with E-state index in [1.807, 2.05) is 36.0 Å². The number of aryl methyl sites for hydroxylation is 1. The number of nitrogens with zero attached hydrogens (tertiary/aromatic N) is 4. The number of aromatic nitrogens is 4. The summed E-state index contributed by atoms with van der Waals surface area (Å²) >= 11 is 0. The highest BCUT2D eigenvalue weighted by Gasteiger charge is 2.32. The zero-order chi connectivity index (χ0) is 22.9. The van der Waals surface area contributed by atoms with Crippen LogP contribution in [0.15, 0.2) is 42.9 Å². The first-order chi connectivity index (χ1) is 15.2. The quantitative estimate of drug-likeness (QED) is 0.598. The summed E-state index contributed by atoms with van der Waals surface area (Å²) in [5.41, 5.74) is 7.67. The molecule has 0 unspecified atom stereocenters. The van der Waals surface area contributed by atoms with Gasteiger partial charge in [0.15, 0.2) is 0 Å². The Bertz CT molecular complexity index is 1120. The number of hydrogen-bond acceptors (Lipinski definition) is 5. The van der Waals surface area contributed by atoms with Crippen LogP contribution in [0.1, 0.15) is 43.0 Å². The number of hydrogen-bond donors (Lipinski definition) is 2. The number of carbonyl (C=O) groups excluding carboxylic acids is 1. The first kappa shape index (κ1) is 21.8. The second-order valence-corrected chi connectivity index (χ2v) is 8.09. The molecule has 1 saturated carbocycles. The molecule has 7 nitrogen and oxygen atoms in total. The normalized spacial score (nSPS) is 19.0. The molecule has 0 bridgehead atoms. The Labute approximate surface area is 182 Å². The molecule has 1 aliphatic rings. The first-order valence-electron chi connectivity index (χ1n) is 10.3. The molecule has 1 amide bonds. The number of nitrogens with one attached hydrogen (secondary N) is 1. The van der Waals surface area contributed by atoms with Gasteiger partial charge in [-0.2, -0.15) is 18.3 Å². The van der Waals surface area contributed by atoms with E-state index >= 15 is 0 Å². The number of amides is 1. The monoisotopic (exact) mass is 444 g/mol. The number of nitrogens with two attached hydrogens (primary N) is 1. The highest BCUT2D eigenvalue weighted by Crippen LogP contribution is 2.33. The average molecular weight is 444 g/mol. The third-order valence-electron chi connectivity index (χ3n) is 5.69. The molecule has 1 aromatic carbocycles. The Morgan fingerprint density at radius 2 is 1.91 bits per heavy atom. The summed E-state index contributed by atoms with van der Waals surface area (Å²) in [6.07, 6.45) is 3.43. The lowest BCUT2D eigenvalue weighted by Gasteiger charge is -2.26. The third kappa shape index (κ3) is 4.90. The molecule has 0 spiro atoms. The lowest BCUT2D eigenvalue weighted by atomic mass is 9.86. The summed E-state index contributed by atoms with van der Waals surface area (Å²) in [5.74, 6) is -0.433. The van der Waals surface area contributed by atoms with Gasteiger partial charge in [-0.15, -0.1) is 0 Å². The predicted octanol–water partition coefficient (Wildman–Crippen LogP) is 4.63. The second kappa shape index (κ2) is 8.60. The van der Waals surface area contributed by atoms with Gasteiger partial charge < -0.3 is 11.1 Å². The van der Waals surface area contributed by atoms with E-state index in [2.05, 4.69) is 20.4 Å². The van der Waals surface area contributed by atoms with Crippen molar-refractivity contribution in [2.75, 3.05) is 5.32 Å². The minimum atomic E-state index is -4.54. The van der Waals surface area contributed by atoms with E-state index in [1.165, 1.54) is 0 Å². The molecular formula is C22H23F3N6O. The molecule has 168 valence electrons. The van der Waals surface area contributed by atoms with Gasteiger partial charge in [0.25, 0.3) is 0 Å². The van der Waals surface area contributed by atoms with Crippen LogP contribution in [0.25, 0.3) is 11.1 Å². The number of benzene rings is 1. The van der Waals surface area contributed by atoms with Crippen molar-refractivity contribution in [1.29, 1.82) is 0 Å². The van der Waals surface area contributed by atoms with Gasteiger partial charge in [0.2, 0.25) is 11.9 Å². The first-order valence-corrected chi connectivity index (χ1v) is 10.3. The lowest BCUT2D eigenvalue weighted by Crippen LogP contribution is -2.28. The van der Waals surface area contributed by atoms with Crippen LogP contribution in [-0.2, 0) is 11.0 Å². The molecule has 2 heterocycles. The van der Waals surface area contributed by atoms with Gasteiger partial charge >= 0.3 is 6.18 Å². The molecular weight excluding hydrogens is 421 g/mol. The summed E-state index contributed by atoms with van der Waals surface area (Å²) in [6, 6.07) is 6.65.